The van der Waals surface area contributed by atoms with Crippen LogP contribution in [0.25, 0.3) is 0 Å². The SMILES string of the molecule is CN1CC=C(CC2C3CC4CC(C3)CC2C4)CC1C#N. The van der Waals surface area contributed by atoms with Gasteiger partial charge in [-0.2, -0.15) is 5.26 Å². The smallest absolute Gasteiger partial charge is 0.102 e. The maximum atomic E-state index is 9.27. The molecule has 4 aliphatic carbocycles. The van der Waals surface area contributed by atoms with E-state index in [4.69, 9.17) is 0 Å². The van der Waals surface area contributed by atoms with Gasteiger partial charge in [-0.05, 0) is 81.6 Å². The minimum absolute atomic E-state index is 0.117. The molecule has 1 unspecified atom stereocenters. The van der Waals surface area contributed by atoms with E-state index in [9.17, 15) is 5.26 Å². The molecule has 0 radical (unpaired) electrons. The van der Waals surface area contributed by atoms with E-state index in [1.165, 1.54) is 32.1 Å². The first-order valence-electron chi connectivity index (χ1n) is 8.50. The highest BCUT2D eigenvalue weighted by Crippen LogP contribution is 2.58. The van der Waals surface area contributed by atoms with Crippen molar-refractivity contribution >= 4 is 0 Å². The van der Waals surface area contributed by atoms with Crippen LogP contribution in [0, 0.1) is 40.9 Å². The molecule has 1 atom stereocenters. The van der Waals surface area contributed by atoms with Crippen LogP contribution in [0.4, 0.5) is 0 Å². The summed E-state index contributed by atoms with van der Waals surface area (Å²) in [5.74, 6) is 5.15. The lowest BCUT2D eigenvalue weighted by Gasteiger charge is -2.55. The minimum Gasteiger partial charge on any atom is -0.287 e. The van der Waals surface area contributed by atoms with Gasteiger partial charge in [-0.15, -0.1) is 0 Å². The van der Waals surface area contributed by atoms with Crippen molar-refractivity contribution in [1.29, 1.82) is 5.26 Å². The zero-order valence-electron chi connectivity index (χ0n) is 12.6. The molecule has 0 N–H and O–H groups in total. The Morgan fingerprint density at radius 1 is 1.15 bits per heavy atom. The molecule has 0 amide bonds. The maximum absolute atomic E-state index is 9.27. The van der Waals surface area contributed by atoms with Crippen molar-refractivity contribution in [1.82, 2.24) is 4.90 Å². The van der Waals surface area contributed by atoms with Crippen molar-refractivity contribution in [3.63, 3.8) is 0 Å². The monoisotopic (exact) mass is 270 g/mol. The molecule has 0 aromatic carbocycles. The van der Waals surface area contributed by atoms with E-state index in [1.54, 1.807) is 12.0 Å². The molecule has 0 spiro atoms. The zero-order valence-corrected chi connectivity index (χ0v) is 12.6. The highest BCUT2D eigenvalue weighted by Gasteiger charge is 2.48. The molecule has 108 valence electrons. The lowest BCUT2D eigenvalue weighted by Crippen LogP contribution is -2.45. The molecule has 4 bridgehead atoms. The molecule has 4 fully saturated rings. The zero-order chi connectivity index (χ0) is 13.7. The highest BCUT2D eigenvalue weighted by atomic mass is 15.1. The van der Waals surface area contributed by atoms with E-state index in [-0.39, 0.29) is 6.04 Å². The second kappa shape index (κ2) is 4.88. The maximum Gasteiger partial charge on any atom is 0.102 e. The summed E-state index contributed by atoms with van der Waals surface area (Å²) in [6.45, 7) is 0.973. The fourth-order valence-electron chi connectivity index (χ4n) is 5.87. The van der Waals surface area contributed by atoms with Crippen molar-refractivity contribution in [3.05, 3.63) is 11.6 Å². The van der Waals surface area contributed by atoms with E-state index >= 15 is 0 Å². The highest BCUT2D eigenvalue weighted by molar-refractivity contribution is 5.16. The van der Waals surface area contributed by atoms with Crippen LogP contribution in [0.1, 0.15) is 44.9 Å². The van der Waals surface area contributed by atoms with Crippen molar-refractivity contribution in [2.45, 2.75) is 51.0 Å². The van der Waals surface area contributed by atoms with E-state index < -0.39 is 0 Å². The summed E-state index contributed by atoms with van der Waals surface area (Å²) in [4.78, 5) is 2.18. The predicted octanol–water partition coefficient (Wildman–Crippen LogP) is 3.60. The van der Waals surface area contributed by atoms with E-state index in [0.717, 1.165) is 42.6 Å². The molecule has 1 aliphatic heterocycles. The van der Waals surface area contributed by atoms with Gasteiger partial charge >= 0.3 is 0 Å². The predicted molar refractivity (Wildman–Crippen MR) is 79.9 cm³/mol. The lowest BCUT2D eigenvalue weighted by atomic mass is 9.51. The van der Waals surface area contributed by atoms with Crippen LogP contribution in [0.2, 0.25) is 0 Å². The fourth-order valence-corrected chi connectivity index (χ4v) is 5.87. The van der Waals surface area contributed by atoms with Gasteiger partial charge in [0, 0.05) is 6.54 Å². The Hall–Kier alpha value is -0.810. The molecule has 2 nitrogen and oxygen atoms in total. The summed E-state index contributed by atoms with van der Waals surface area (Å²) >= 11 is 0. The number of nitriles is 1. The second-order valence-electron chi connectivity index (χ2n) is 7.95. The molecular formula is C18H26N2. The van der Waals surface area contributed by atoms with E-state index in [2.05, 4.69) is 24.1 Å². The molecule has 2 heteroatoms. The molecule has 0 aromatic heterocycles. The van der Waals surface area contributed by atoms with Crippen molar-refractivity contribution in [2.24, 2.45) is 29.6 Å². The van der Waals surface area contributed by atoms with Gasteiger partial charge in [0.1, 0.15) is 6.04 Å². The van der Waals surface area contributed by atoms with Crippen LogP contribution in [0.3, 0.4) is 0 Å². The Bertz CT molecular complexity index is 431. The van der Waals surface area contributed by atoms with Gasteiger partial charge in [-0.3, -0.25) is 4.90 Å². The number of hydrogen-bond acceptors (Lipinski definition) is 2. The topological polar surface area (TPSA) is 27.0 Å². The average Bonchev–Trinajstić information content (AvgIpc) is 2.44. The number of hydrogen-bond donors (Lipinski definition) is 0. The summed E-state index contributed by atoms with van der Waals surface area (Å²) in [5, 5.41) is 9.27. The van der Waals surface area contributed by atoms with Crippen LogP contribution in [-0.2, 0) is 0 Å². The van der Waals surface area contributed by atoms with Crippen LogP contribution >= 0.6 is 0 Å². The summed E-state index contributed by atoms with van der Waals surface area (Å²) in [6.07, 6.45) is 12.3. The Morgan fingerprint density at radius 2 is 1.80 bits per heavy atom. The van der Waals surface area contributed by atoms with E-state index in [1.807, 2.05) is 0 Å². The molecule has 0 saturated heterocycles. The summed E-state index contributed by atoms with van der Waals surface area (Å²) in [7, 11) is 2.07. The fraction of sp³-hybridized carbons (Fsp3) is 0.833. The molecule has 5 aliphatic rings. The normalized spacial score (nSPS) is 47.1. The number of nitrogens with zero attached hydrogens (tertiary/aromatic N) is 2. The third-order valence-corrected chi connectivity index (χ3v) is 6.72. The molecular weight excluding hydrogens is 244 g/mol. The summed E-state index contributed by atoms with van der Waals surface area (Å²) in [6, 6.07) is 2.59. The Kier molecular flexibility index (Phi) is 3.15. The summed E-state index contributed by atoms with van der Waals surface area (Å²) in [5.41, 5.74) is 1.59. The van der Waals surface area contributed by atoms with Crippen LogP contribution < -0.4 is 0 Å². The molecule has 20 heavy (non-hydrogen) atoms. The van der Waals surface area contributed by atoms with Gasteiger partial charge in [-0.1, -0.05) is 11.6 Å². The lowest BCUT2D eigenvalue weighted by molar-refractivity contribution is -0.0365. The van der Waals surface area contributed by atoms with Crippen molar-refractivity contribution in [2.75, 3.05) is 13.6 Å². The minimum atomic E-state index is 0.117. The number of rotatable bonds is 2. The molecule has 0 aromatic rings. The van der Waals surface area contributed by atoms with Gasteiger partial charge in [0.25, 0.3) is 0 Å². The second-order valence-corrected chi connectivity index (χ2v) is 7.95. The Morgan fingerprint density at radius 3 is 2.40 bits per heavy atom. The van der Waals surface area contributed by atoms with Gasteiger partial charge in [-0.25, -0.2) is 0 Å². The average molecular weight is 270 g/mol. The van der Waals surface area contributed by atoms with E-state index in [0.29, 0.717) is 0 Å². The summed E-state index contributed by atoms with van der Waals surface area (Å²) < 4.78 is 0. The van der Waals surface area contributed by atoms with Crippen LogP contribution in [0.5, 0.6) is 0 Å². The Labute approximate surface area is 122 Å². The molecule has 5 rings (SSSR count). The van der Waals surface area contributed by atoms with Gasteiger partial charge < -0.3 is 0 Å². The van der Waals surface area contributed by atoms with Crippen molar-refractivity contribution < 1.29 is 0 Å². The largest absolute Gasteiger partial charge is 0.287 e. The molecule has 1 heterocycles. The first-order chi connectivity index (χ1) is 9.72. The van der Waals surface area contributed by atoms with Gasteiger partial charge in [0.05, 0.1) is 6.07 Å². The Balaban J connectivity index is 1.46. The number of likely N-dealkylation sites (N-methyl/N-ethyl adjacent to an activating group) is 1. The third-order valence-electron chi connectivity index (χ3n) is 6.72. The third kappa shape index (κ3) is 2.11. The first kappa shape index (κ1) is 12.9. The van der Waals surface area contributed by atoms with Gasteiger partial charge in [0.2, 0.25) is 0 Å². The first-order valence-corrected chi connectivity index (χ1v) is 8.50. The van der Waals surface area contributed by atoms with Gasteiger partial charge in [0.15, 0.2) is 0 Å². The molecule has 4 saturated carbocycles. The quantitative estimate of drug-likeness (QED) is 0.717. The standard InChI is InChI=1S/C18H26N2/c1-20-3-2-12(9-17(20)11-19)10-18-15-5-13-4-14(7-15)8-16(18)6-13/h2,13-18H,3-10H2,1H3. The van der Waals surface area contributed by atoms with Crippen molar-refractivity contribution in [3.8, 4) is 6.07 Å². The van der Waals surface area contributed by atoms with Crippen LogP contribution in [-0.4, -0.2) is 24.5 Å². The van der Waals surface area contributed by atoms with Crippen LogP contribution in [0.15, 0.2) is 11.6 Å².